The smallest absolute Gasteiger partial charge is 0.129 e. The van der Waals surface area contributed by atoms with Crippen LogP contribution in [-0.4, -0.2) is 36.3 Å². The van der Waals surface area contributed by atoms with Gasteiger partial charge in [-0.1, -0.05) is 13.0 Å². The number of anilines is 1. The maximum Gasteiger partial charge on any atom is 0.129 e. The van der Waals surface area contributed by atoms with Crippen LogP contribution in [0.4, 0.5) is 5.82 Å². The lowest BCUT2D eigenvalue weighted by atomic mass is 10.1. The van der Waals surface area contributed by atoms with Crippen molar-refractivity contribution in [2.24, 2.45) is 0 Å². The third-order valence-corrected chi connectivity index (χ3v) is 4.17. The molecule has 110 valence electrons. The molecule has 2 aliphatic rings. The van der Waals surface area contributed by atoms with E-state index in [1.165, 1.54) is 12.8 Å². The average Bonchev–Trinajstić information content (AvgIpc) is 3.30. The van der Waals surface area contributed by atoms with Gasteiger partial charge in [0.15, 0.2) is 0 Å². The monoisotopic (exact) mass is 275 g/mol. The Morgan fingerprint density at radius 3 is 3.00 bits per heavy atom. The quantitative estimate of drug-likeness (QED) is 0.895. The first-order valence-electron chi connectivity index (χ1n) is 7.84. The zero-order valence-electron chi connectivity index (χ0n) is 12.5. The van der Waals surface area contributed by atoms with E-state index in [0.29, 0.717) is 6.04 Å². The van der Waals surface area contributed by atoms with E-state index in [2.05, 4.69) is 42.3 Å². The molecule has 20 heavy (non-hydrogen) atoms. The predicted molar refractivity (Wildman–Crippen MR) is 80.9 cm³/mol. The minimum Gasteiger partial charge on any atom is -0.375 e. The van der Waals surface area contributed by atoms with Crippen molar-refractivity contribution in [1.29, 1.82) is 0 Å². The average molecular weight is 275 g/mol. The first-order chi connectivity index (χ1) is 9.76. The van der Waals surface area contributed by atoms with Crippen LogP contribution in [0.25, 0.3) is 0 Å². The lowest BCUT2D eigenvalue weighted by Gasteiger charge is -2.39. The van der Waals surface area contributed by atoms with Crippen molar-refractivity contribution >= 4 is 5.82 Å². The maximum atomic E-state index is 5.77. The van der Waals surface area contributed by atoms with Crippen LogP contribution >= 0.6 is 0 Å². The Kier molecular flexibility index (Phi) is 4.22. The number of hydrogen-bond donors (Lipinski definition) is 1. The summed E-state index contributed by atoms with van der Waals surface area (Å²) in [5, 5.41) is 3.53. The molecule has 0 bridgehead atoms. The summed E-state index contributed by atoms with van der Waals surface area (Å²) in [5.41, 5.74) is 1.14. The molecule has 2 fully saturated rings. The van der Waals surface area contributed by atoms with E-state index < -0.39 is 0 Å². The molecule has 0 aromatic carbocycles. The van der Waals surface area contributed by atoms with Gasteiger partial charge in [0.25, 0.3) is 0 Å². The summed E-state index contributed by atoms with van der Waals surface area (Å²) in [4.78, 5) is 7.25. The standard InChI is InChI=1S/C16H25N3O/c1-3-15-11-20-12(2)10-19(15)16-6-4-5-14(18-16)9-17-13-7-8-13/h4-6,12-13,15,17H,3,7-11H2,1-2H3. The number of nitrogens with one attached hydrogen (secondary N) is 1. The molecule has 1 N–H and O–H groups in total. The third-order valence-electron chi connectivity index (χ3n) is 4.17. The molecule has 2 atom stereocenters. The van der Waals surface area contributed by atoms with Crippen molar-refractivity contribution in [3.8, 4) is 0 Å². The van der Waals surface area contributed by atoms with E-state index in [1.807, 2.05) is 0 Å². The molecule has 1 aromatic heterocycles. The third kappa shape index (κ3) is 3.30. The van der Waals surface area contributed by atoms with Gasteiger partial charge in [0.2, 0.25) is 0 Å². The summed E-state index contributed by atoms with van der Waals surface area (Å²) in [6.07, 6.45) is 4.02. The van der Waals surface area contributed by atoms with Crippen LogP contribution in [-0.2, 0) is 11.3 Å². The molecule has 1 saturated carbocycles. The fourth-order valence-corrected chi connectivity index (χ4v) is 2.72. The Bertz CT molecular complexity index is 447. The highest BCUT2D eigenvalue weighted by atomic mass is 16.5. The summed E-state index contributed by atoms with van der Waals surface area (Å²) in [7, 11) is 0. The molecule has 1 saturated heterocycles. The van der Waals surface area contributed by atoms with Crippen molar-refractivity contribution in [2.75, 3.05) is 18.1 Å². The van der Waals surface area contributed by atoms with Gasteiger partial charge in [0.05, 0.1) is 24.4 Å². The van der Waals surface area contributed by atoms with Gasteiger partial charge in [-0.2, -0.15) is 0 Å². The fourth-order valence-electron chi connectivity index (χ4n) is 2.72. The summed E-state index contributed by atoms with van der Waals surface area (Å²) in [6.45, 7) is 6.98. The number of rotatable bonds is 5. The van der Waals surface area contributed by atoms with Crippen LogP contribution in [0.1, 0.15) is 38.8 Å². The van der Waals surface area contributed by atoms with Gasteiger partial charge < -0.3 is 15.0 Å². The molecular formula is C16H25N3O. The van der Waals surface area contributed by atoms with Crippen molar-refractivity contribution in [1.82, 2.24) is 10.3 Å². The van der Waals surface area contributed by atoms with Crippen LogP contribution < -0.4 is 10.2 Å². The second-order valence-electron chi connectivity index (χ2n) is 6.00. The maximum absolute atomic E-state index is 5.77. The van der Waals surface area contributed by atoms with Gasteiger partial charge in [0.1, 0.15) is 5.82 Å². The molecule has 2 unspecified atom stereocenters. The summed E-state index contributed by atoms with van der Waals surface area (Å²) in [5.74, 6) is 1.10. The SMILES string of the molecule is CCC1COC(C)CN1c1cccc(CNC2CC2)n1. The number of nitrogens with zero attached hydrogens (tertiary/aromatic N) is 2. The minimum absolute atomic E-state index is 0.285. The van der Waals surface area contributed by atoms with E-state index in [9.17, 15) is 0 Å². The largest absolute Gasteiger partial charge is 0.375 e. The highest BCUT2D eigenvalue weighted by Gasteiger charge is 2.26. The molecule has 4 heteroatoms. The number of aromatic nitrogens is 1. The highest BCUT2D eigenvalue weighted by Crippen LogP contribution is 2.23. The minimum atomic E-state index is 0.285. The molecular weight excluding hydrogens is 250 g/mol. The molecule has 1 aliphatic carbocycles. The zero-order chi connectivity index (χ0) is 13.9. The van der Waals surface area contributed by atoms with Crippen LogP contribution in [0.2, 0.25) is 0 Å². The number of ether oxygens (including phenoxy) is 1. The topological polar surface area (TPSA) is 37.4 Å². The molecule has 1 aromatic rings. The van der Waals surface area contributed by atoms with E-state index in [1.54, 1.807) is 0 Å². The molecule has 0 spiro atoms. The van der Waals surface area contributed by atoms with Gasteiger partial charge in [0, 0.05) is 19.1 Å². The Morgan fingerprint density at radius 1 is 1.40 bits per heavy atom. The van der Waals surface area contributed by atoms with Crippen molar-refractivity contribution in [3.05, 3.63) is 23.9 Å². The summed E-state index contributed by atoms with van der Waals surface area (Å²) < 4.78 is 5.77. The zero-order valence-corrected chi connectivity index (χ0v) is 12.5. The van der Waals surface area contributed by atoms with Crippen molar-refractivity contribution in [2.45, 2.75) is 57.8 Å². The van der Waals surface area contributed by atoms with Gasteiger partial charge >= 0.3 is 0 Å². The first kappa shape index (κ1) is 13.8. The van der Waals surface area contributed by atoms with Crippen molar-refractivity contribution in [3.63, 3.8) is 0 Å². The van der Waals surface area contributed by atoms with Crippen LogP contribution in [0, 0.1) is 0 Å². The normalized spacial score (nSPS) is 26.8. The van der Waals surface area contributed by atoms with Gasteiger partial charge in [-0.3, -0.25) is 0 Å². The number of morpholine rings is 1. The van der Waals surface area contributed by atoms with E-state index in [4.69, 9.17) is 9.72 Å². The van der Waals surface area contributed by atoms with Gasteiger partial charge in [-0.25, -0.2) is 4.98 Å². The second kappa shape index (κ2) is 6.10. The Balaban J connectivity index is 1.71. The van der Waals surface area contributed by atoms with Crippen LogP contribution in [0.3, 0.4) is 0 Å². The fraction of sp³-hybridized carbons (Fsp3) is 0.688. The predicted octanol–water partition coefficient (Wildman–Crippen LogP) is 2.34. The first-order valence-corrected chi connectivity index (χ1v) is 7.84. The van der Waals surface area contributed by atoms with Gasteiger partial charge in [-0.15, -0.1) is 0 Å². The number of pyridine rings is 1. The summed E-state index contributed by atoms with van der Waals surface area (Å²) in [6, 6.07) is 7.54. The van der Waals surface area contributed by atoms with E-state index in [-0.39, 0.29) is 6.10 Å². The molecule has 1 aliphatic heterocycles. The Labute approximate surface area is 121 Å². The molecule has 0 radical (unpaired) electrons. The van der Waals surface area contributed by atoms with E-state index >= 15 is 0 Å². The molecule has 3 rings (SSSR count). The molecule has 4 nitrogen and oxygen atoms in total. The highest BCUT2D eigenvalue weighted by molar-refractivity contribution is 5.41. The molecule has 2 heterocycles. The lowest BCUT2D eigenvalue weighted by Crippen LogP contribution is -2.49. The van der Waals surface area contributed by atoms with Crippen LogP contribution in [0.5, 0.6) is 0 Å². The van der Waals surface area contributed by atoms with Gasteiger partial charge in [-0.05, 0) is 38.3 Å². The number of hydrogen-bond acceptors (Lipinski definition) is 4. The lowest BCUT2D eigenvalue weighted by molar-refractivity contribution is 0.0296. The Morgan fingerprint density at radius 2 is 2.25 bits per heavy atom. The Hall–Kier alpha value is -1.13. The summed E-state index contributed by atoms with van der Waals surface area (Å²) >= 11 is 0. The van der Waals surface area contributed by atoms with Crippen LogP contribution in [0.15, 0.2) is 18.2 Å². The molecule has 0 amide bonds. The van der Waals surface area contributed by atoms with Crippen molar-refractivity contribution < 1.29 is 4.74 Å². The van der Waals surface area contributed by atoms with E-state index in [0.717, 1.165) is 43.7 Å². The second-order valence-corrected chi connectivity index (χ2v) is 6.00.